The second-order valence-corrected chi connectivity index (χ2v) is 6.15. The largest absolute Gasteiger partial charge is 0.310 e. The molecule has 102 valence electrons. The van der Waals surface area contributed by atoms with Crippen LogP contribution in [0.5, 0.6) is 0 Å². The zero-order valence-corrected chi connectivity index (χ0v) is 12.9. The maximum absolute atomic E-state index is 3.62. The highest BCUT2D eigenvalue weighted by Gasteiger charge is 2.14. The molecular formula is C17H23NS. The highest BCUT2D eigenvalue weighted by molar-refractivity contribution is 7.11. The molecule has 0 saturated heterocycles. The highest BCUT2D eigenvalue weighted by Crippen LogP contribution is 2.25. The Hall–Kier alpha value is -1.12. The maximum atomic E-state index is 3.62. The van der Waals surface area contributed by atoms with E-state index in [2.05, 4.69) is 62.5 Å². The Labute approximate surface area is 120 Å². The smallest absolute Gasteiger partial charge is 0.0371 e. The Balaban J connectivity index is 2.18. The summed E-state index contributed by atoms with van der Waals surface area (Å²) >= 11 is 1.95. The number of hydrogen-bond donors (Lipinski definition) is 1. The standard InChI is InChI=1S/C17H23NS/c1-4-14-10-11-15(19-14)12-17(18-5-2)16-9-7-6-8-13(16)3/h6-11,17-18H,4-5,12H2,1-3H3. The lowest BCUT2D eigenvalue weighted by molar-refractivity contribution is 0.551. The van der Waals surface area contributed by atoms with Gasteiger partial charge in [-0.15, -0.1) is 11.3 Å². The Morgan fingerprint density at radius 1 is 1.05 bits per heavy atom. The first-order valence-corrected chi connectivity index (χ1v) is 7.92. The topological polar surface area (TPSA) is 12.0 Å². The van der Waals surface area contributed by atoms with Crippen LogP contribution in [0.4, 0.5) is 0 Å². The van der Waals surface area contributed by atoms with Gasteiger partial charge in [0.05, 0.1) is 0 Å². The van der Waals surface area contributed by atoms with E-state index in [-0.39, 0.29) is 0 Å². The predicted octanol–water partition coefficient (Wildman–Crippen LogP) is 4.51. The van der Waals surface area contributed by atoms with Gasteiger partial charge in [-0.3, -0.25) is 0 Å². The van der Waals surface area contributed by atoms with E-state index < -0.39 is 0 Å². The van der Waals surface area contributed by atoms with Gasteiger partial charge >= 0.3 is 0 Å². The quantitative estimate of drug-likeness (QED) is 0.816. The van der Waals surface area contributed by atoms with Crippen LogP contribution in [-0.2, 0) is 12.8 Å². The third-order valence-electron chi connectivity index (χ3n) is 3.49. The van der Waals surface area contributed by atoms with Gasteiger partial charge in [0.1, 0.15) is 0 Å². The molecule has 1 aromatic heterocycles. The number of thiophene rings is 1. The van der Waals surface area contributed by atoms with E-state index in [1.165, 1.54) is 20.9 Å². The summed E-state index contributed by atoms with van der Waals surface area (Å²) in [7, 11) is 0. The Bertz CT molecular complexity index is 515. The third kappa shape index (κ3) is 3.68. The molecule has 19 heavy (non-hydrogen) atoms. The van der Waals surface area contributed by atoms with Gasteiger partial charge in [0, 0.05) is 22.2 Å². The van der Waals surface area contributed by atoms with Crippen molar-refractivity contribution in [2.45, 2.75) is 39.7 Å². The summed E-state index contributed by atoms with van der Waals surface area (Å²) in [5.74, 6) is 0. The second kappa shape index (κ2) is 6.88. The summed E-state index contributed by atoms with van der Waals surface area (Å²) in [6.07, 6.45) is 2.23. The lowest BCUT2D eigenvalue weighted by Gasteiger charge is -2.19. The molecule has 0 fully saturated rings. The van der Waals surface area contributed by atoms with Crippen LogP contribution in [-0.4, -0.2) is 6.54 Å². The van der Waals surface area contributed by atoms with Gasteiger partial charge in [0.25, 0.3) is 0 Å². The summed E-state index contributed by atoms with van der Waals surface area (Å²) in [4.78, 5) is 2.96. The normalized spacial score (nSPS) is 12.6. The average molecular weight is 273 g/mol. The fourth-order valence-corrected chi connectivity index (χ4v) is 3.44. The molecule has 1 nitrogen and oxygen atoms in total. The number of nitrogens with one attached hydrogen (secondary N) is 1. The first-order valence-electron chi connectivity index (χ1n) is 7.11. The first kappa shape index (κ1) is 14.3. The molecule has 0 saturated carbocycles. The van der Waals surface area contributed by atoms with Gasteiger partial charge in [-0.25, -0.2) is 0 Å². The van der Waals surface area contributed by atoms with Gasteiger partial charge in [-0.05, 0) is 43.1 Å². The van der Waals surface area contributed by atoms with Gasteiger partial charge in [0.2, 0.25) is 0 Å². The minimum Gasteiger partial charge on any atom is -0.310 e. The van der Waals surface area contributed by atoms with Crippen molar-refractivity contribution >= 4 is 11.3 Å². The molecule has 1 unspecified atom stereocenters. The molecule has 0 aliphatic rings. The van der Waals surface area contributed by atoms with Crippen LogP contribution >= 0.6 is 11.3 Å². The minimum atomic E-state index is 0.426. The zero-order chi connectivity index (χ0) is 13.7. The molecule has 2 heteroatoms. The van der Waals surface area contributed by atoms with Crippen LogP contribution in [0.2, 0.25) is 0 Å². The number of hydrogen-bond acceptors (Lipinski definition) is 2. The van der Waals surface area contributed by atoms with E-state index in [1.807, 2.05) is 11.3 Å². The van der Waals surface area contributed by atoms with Crippen molar-refractivity contribution in [1.29, 1.82) is 0 Å². The Morgan fingerprint density at radius 2 is 1.79 bits per heavy atom. The van der Waals surface area contributed by atoms with Gasteiger partial charge in [0.15, 0.2) is 0 Å². The number of benzene rings is 1. The molecule has 1 atom stereocenters. The Kier molecular flexibility index (Phi) is 5.17. The predicted molar refractivity (Wildman–Crippen MR) is 85.0 cm³/mol. The molecule has 1 aromatic carbocycles. The molecule has 0 bridgehead atoms. The van der Waals surface area contributed by atoms with E-state index in [9.17, 15) is 0 Å². The summed E-state index contributed by atoms with van der Waals surface area (Å²) in [6.45, 7) is 7.60. The molecule has 0 spiro atoms. The van der Waals surface area contributed by atoms with E-state index in [4.69, 9.17) is 0 Å². The van der Waals surface area contributed by atoms with Crippen molar-refractivity contribution in [2.24, 2.45) is 0 Å². The van der Waals surface area contributed by atoms with Gasteiger partial charge in [-0.2, -0.15) is 0 Å². The van der Waals surface area contributed by atoms with Crippen LogP contribution < -0.4 is 5.32 Å². The van der Waals surface area contributed by atoms with Crippen molar-refractivity contribution in [3.63, 3.8) is 0 Å². The van der Waals surface area contributed by atoms with Crippen LogP contribution in [0, 0.1) is 6.92 Å². The monoisotopic (exact) mass is 273 g/mol. The van der Waals surface area contributed by atoms with Crippen molar-refractivity contribution in [3.05, 3.63) is 57.3 Å². The number of rotatable bonds is 6. The summed E-state index contributed by atoms with van der Waals surface area (Å²) < 4.78 is 0. The molecule has 0 aliphatic heterocycles. The number of likely N-dealkylation sites (N-methyl/N-ethyl adjacent to an activating group) is 1. The molecule has 2 rings (SSSR count). The summed E-state index contributed by atoms with van der Waals surface area (Å²) in [6, 6.07) is 13.7. The average Bonchev–Trinajstić information content (AvgIpc) is 2.87. The van der Waals surface area contributed by atoms with Crippen molar-refractivity contribution < 1.29 is 0 Å². The SMILES string of the molecule is CCNC(Cc1ccc(CC)s1)c1ccccc1C. The molecule has 1 N–H and O–H groups in total. The highest BCUT2D eigenvalue weighted by atomic mass is 32.1. The van der Waals surface area contributed by atoms with E-state index in [1.54, 1.807) is 0 Å². The lowest BCUT2D eigenvalue weighted by atomic mass is 9.98. The van der Waals surface area contributed by atoms with Crippen LogP contribution in [0.15, 0.2) is 36.4 Å². The summed E-state index contributed by atoms with van der Waals surface area (Å²) in [5, 5.41) is 3.62. The van der Waals surface area contributed by atoms with Gasteiger partial charge in [-0.1, -0.05) is 38.1 Å². The second-order valence-electron chi connectivity index (χ2n) is 4.89. The molecular weight excluding hydrogens is 250 g/mol. The Morgan fingerprint density at radius 3 is 2.42 bits per heavy atom. The molecule has 0 radical (unpaired) electrons. The van der Waals surface area contributed by atoms with Crippen LogP contribution in [0.3, 0.4) is 0 Å². The number of aryl methyl sites for hydroxylation is 2. The molecule has 1 heterocycles. The third-order valence-corrected chi connectivity index (χ3v) is 4.74. The fraction of sp³-hybridized carbons (Fsp3) is 0.412. The van der Waals surface area contributed by atoms with Crippen LogP contribution in [0.25, 0.3) is 0 Å². The minimum absolute atomic E-state index is 0.426. The van der Waals surface area contributed by atoms with Gasteiger partial charge < -0.3 is 5.32 Å². The first-order chi connectivity index (χ1) is 9.24. The van der Waals surface area contributed by atoms with Crippen LogP contribution in [0.1, 0.15) is 40.8 Å². The van der Waals surface area contributed by atoms with Crippen molar-refractivity contribution in [1.82, 2.24) is 5.32 Å². The molecule has 2 aromatic rings. The molecule has 0 amide bonds. The van der Waals surface area contributed by atoms with E-state index >= 15 is 0 Å². The van der Waals surface area contributed by atoms with E-state index in [0.29, 0.717) is 6.04 Å². The molecule has 0 aliphatic carbocycles. The maximum Gasteiger partial charge on any atom is 0.0371 e. The zero-order valence-electron chi connectivity index (χ0n) is 12.1. The summed E-state index contributed by atoms with van der Waals surface area (Å²) in [5.41, 5.74) is 2.80. The van der Waals surface area contributed by atoms with Crippen molar-refractivity contribution in [3.8, 4) is 0 Å². The fourth-order valence-electron chi connectivity index (χ4n) is 2.44. The van der Waals surface area contributed by atoms with E-state index in [0.717, 1.165) is 19.4 Å². The van der Waals surface area contributed by atoms with Crippen molar-refractivity contribution in [2.75, 3.05) is 6.54 Å². The lowest BCUT2D eigenvalue weighted by Crippen LogP contribution is -2.23.